The van der Waals surface area contributed by atoms with Crippen molar-refractivity contribution in [3.05, 3.63) is 70.8 Å². The van der Waals surface area contributed by atoms with Crippen LogP contribution in [0.15, 0.2) is 48.5 Å². The predicted molar refractivity (Wildman–Crippen MR) is 128 cm³/mol. The molecule has 1 aromatic heterocycles. The van der Waals surface area contributed by atoms with E-state index in [4.69, 9.17) is 4.98 Å². The molecule has 1 aliphatic carbocycles. The van der Waals surface area contributed by atoms with E-state index in [0.717, 1.165) is 46.8 Å². The molecule has 3 aromatic rings. The SMILES string of the molecule is Cc1cccc2cc(CN(C(=O)c3ccccc3C(F)(F)F)C3CC3)c(N3CCC(O)CC3)nc12. The zero-order valence-corrected chi connectivity index (χ0v) is 19.6. The lowest BCUT2D eigenvalue weighted by atomic mass is 10.0. The van der Waals surface area contributed by atoms with Gasteiger partial charge in [0.05, 0.1) is 22.7 Å². The number of benzene rings is 2. The Morgan fingerprint density at radius 3 is 2.49 bits per heavy atom. The van der Waals surface area contributed by atoms with Crippen molar-refractivity contribution in [2.45, 2.75) is 57.5 Å². The number of carbonyl (C=O) groups is 1. The van der Waals surface area contributed by atoms with E-state index in [9.17, 15) is 23.1 Å². The molecule has 1 amide bonds. The van der Waals surface area contributed by atoms with Gasteiger partial charge in [-0.2, -0.15) is 13.2 Å². The van der Waals surface area contributed by atoms with E-state index in [1.807, 2.05) is 31.2 Å². The number of aliphatic hydroxyl groups excluding tert-OH is 1. The lowest BCUT2D eigenvalue weighted by Crippen LogP contribution is -2.38. The molecule has 35 heavy (non-hydrogen) atoms. The molecule has 2 aromatic carbocycles. The molecule has 2 fully saturated rings. The highest BCUT2D eigenvalue weighted by atomic mass is 19.4. The Balaban J connectivity index is 1.55. The molecule has 8 heteroatoms. The smallest absolute Gasteiger partial charge is 0.393 e. The maximum absolute atomic E-state index is 13.7. The average molecular weight is 484 g/mol. The van der Waals surface area contributed by atoms with Crippen LogP contribution in [0.4, 0.5) is 19.0 Å². The van der Waals surface area contributed by atoms with Gasteiger partial charge in [0.15, 0.2) is 0 Å². The molecular formula is C27H28F3N3O2. The van der Waals surface area contributed by atoms with Crippen LogP contribution in [0.3, 0.4) is 0 Å². The van der Waals surface area contributed by atoms with Crippen molar-refractivity contribution in [2.24, 2.45) is 0 Å². The van der Waals surface area contributed by atoms with Gasteiger partial charge < -0.3 is 14.9 Å². The summed E-state index contributed by atoms with van der Waals surface area (Å²) in [6.07, 6.45) is -2.17. The molecular weight excluding hydrogens is 455 g/mol. The molecule has 5 nitrogen and oxygen atoms in total. The summed E-state index contributed by atoms with van der Waals surface area (Å²) in [5, 5.41) is 10.9. The van der Waals surface area contributed by atoms with Gasteiger partial charge in [-0.25, -0.2) is 4.98 Å². The topological polar surface area (TPSA) is 56.7 Å². The molecule has 1 saturated heterocycles. The first kappa shape index (κ1) is 23.6. The fourth-order valence-electron chi connectivity index (χ4n) is 4.86. The lowest BCUT2D eigenvalue weighted by Gasteiger charge is -2.33. The summed E-state index contributed by atoms with van der Waals surface area (Å²) in [7, 11) is 0. The van der Waals surface area contributed by atoms with Crippen LogP contribution in [-0.4, -0.2) is 46.1 Å². The summed E-state index contributed by atoms with van der Waals surface area (Å²) in [5.41, 5.74) is 1.47. The van der Waals surface area contributed by atoms with Gasteiger partial charge in [0.2, 0.25) is 0 Å². The number of halogens is 3. The van der Waals surface area contributed by atoms with Crippen molar-refractivity contribution < 1.29 is 23.1 Å². The van der Waals surface area contributed by atoms with Crippen LogP contribution in [0, 0.1) is 6.92 Å². The second-order valence-corrected chi connectivity index (χ2v) is 9.54. The molecule has 184 valence electrons. The summed E-state index contributed by atoms with van der Waals surface area (Å²) in [6.45, 7) is 3.44. The Bertz CT molecular complexity index is 1250. The minimum absolute atomic E-state index is 0.0898. The maximum atomic E-state index is 13.7. The second-order valence-electron chi connectivity index (χ2n) is 9.54. The molecule has 0 radical (unpaired) electrons. The number of amides is 1. The Kier molecular flexibility index (Phi) is 6.17. The van der Waals surface area contributed by atoms with Crippen molar-refractivity contribution in [1.29, 1.82) is 0 Å². The first-order valence-electron chi connectivity index (χ1n) is 12.0. The molecule has 0 bridgehead atoms. The quantitative estimate of drug-likeness (QED) is 0.533. The number of alkyl halides is 3. The highest BCUT2D eigenvalue weighted by molar-refractivity contribution is 5.96. The molecule has 2 heterocycles. The standard InChI is InChI=1S/C27H28F3N3O2/c1-17-5-4-6-18-15-19(25(31-24(17)18)32-13-11-21(34)12-14-32)16-33(20-9-10-20)26(35)22-7-2-3-8-23(22)27(28,29)30/h2-8,15,20-21,34H,9-14,16H2,1H3. The number of nitrogens with zero attached hydrogens (tertiary/aromatic N) is 3. The summed E-state index contributed by atoms with van der Waals surface area (Å²) in [4.78, 5) is 22.2. The number of hydrogen-bond acceptors (Lipinski definition) is 4. The van der Waals surface area contributed by atoms with Gasteiger partial charge in [-0.05, 0) is 56.4 Å². The molecule has 0 atom stereocenters. The van der Waals surface area contributed by atoms with E-state index < -0.39 is 17.6 Å². The van der Waals surface area contributed by atoms with Crippen LogP contribution in [0.25, 0.3) is 10.9 Å². The van der Waals surface area contributed by atoms with Gasteiger partial charge in [-0.3, -0.25) is 4.79 Å². The van der Waals surface area contributed by atoms with E-state index in [2.05, 4.69) is 4.90 Å². The Hall–Kier alpha value is -3.13. The number of hydrogen-bond donors (Lipinski definition) is 1. The van der Waals surface area contributed by atoms with Crippen molar-refractivity contribution in [1.82, 2.24) is 9.88 Å². The number of rotatable bonds is 5. The van der Waals surface area contributed by atoms with Gasteiger partial charge in [0.25, 0.3) is 5.91 Å². The van der Waals surface area contributed by atoms with E-state index >= 15 is 0 Å². The highest BCUT2D eigenvalue weighted by Crippen LogP contribution is 2.37. The predicted octanol–water partition coefficient (Wildman–Crippen LogP) is 5.33. The van der Waals surface area contributed by atoms with Crippen molar-refractivity contribution in [3.8, 4) is 0 Å². The lowest BCUT2D eigenvalue weighted by molar-refractivity contribution is -0.138. The highest BCUT2D eigenvalue weighted by Gasteiger charge is 2.39. The fraction of sp³-hybridized carbons (Fsp3) is 0.407. The Morgan fingerprint density at radius 2 is 1.80 bits per heavy atom. The molecule has 5 rings (SSSR count). The van der Waals surface area contributed by atoms with Crippen molar-refractivity contribution >= 4 is 22.6 Å². The third-order valence-corrected chi connectivity index (χ3v) is 6.92. The van der Waals surface area contributed by atoms with Crippen LogP contribution in [-0.2, 0) is 12.7 Å². The number of piperidine rings is 1. The second kappa shape index (κ2) is 9.15. The third kappa shape index (κ3) is 4.85. The molecule has 1 N–H and O–H groups in total. The Morgan fingerprint density at radius 1 is 1.09 bits per heavy atom. The van der Waals surface area contributed by atoms with Crippen LogP contribution in [0.2, 0.25) is 0 Å². The minimum atomic E-state index is -4.61. The number of fused-ring (bicyclic) bond motifs is 1. The zero-order chi connectivity index (χ0) is 24.7. The van der Waals surface area contributed by atoms with Crippen LogP contribution in [0.5, 0.6) is 0 Å². The van der Waals surface area contributed by atoms with E-state index in [1.165, 1.54) is 18.2 Å². The van der Waals surface area contributed by atoms with Gasteiger partial charge in [0, 0.05) is 36.6 Å². The number of para-hydroxylation sites is 1. The fourth-order valence-corrected chi connectivity index (χ4v) is 4.86. The minimum Gasteiger partial charge on any atom is -0.393 e. The van der Waals surface area contributed by atoms with Gasteiger partial charge in [-0.15, -0.1) is 0 Å². The van der Waals surface area contributed by atoms with Crippen molar-refractivity contribution in [3.63, 3.8) is 0 Å². The summed E-state index contributed by atoms with van der Waals surface area (Å²) >= 11 is 0. The molecule has 1 aliphatic heterocycles. The van der Waals surface area contributed by atoms with E-state index in [1.54, 1.807) is 4.90 Å². The summed E-state index contributed by atoms with van der Waals surface area (Å²) in [5.74, 6) is 0.131. The number of aromatic nitrogens is 1. The first-order chi connectivity index (χ1) is 16.7. The van der Waals surface area contributed by atoms with Gasteiger partial charge in [-0.1, -0.05) is 30.3 Å². The van der Waals surface area contributed by atoms with Gasteiger partial charge >= 0.3 is 6.18 Å². The summed E-state index contributed by atoms with van der Waals surface area (Å²) in [6, 6.07) is 12.8. The van der Waals surface area contributed by atoms with Crippen LogP contribution >= 0.6 is 0 Å². The number of carbonyl (C=O) groups excluding carboxylic acids is 1. The number of aryl methyl sites for hydroxylation is 1. The molecule has 1 saturated carbocycles. The van der Waals surface area contributed by atoms with Crippen molar-refractivity contribution in [2.75, 3.05) is 18.0 Å². The molecule has 0 spiro atoms. The Labute approximate surface area is 202 Å². The maximum Gasteiger partial charge on any atom is 0.417 e. The molecule has 2 aliphatic rings. The normalized spacial score (nSPS) is 17.1. The molecule has 0 unspecified atom stereocenters. The first-order valence-corrected chi connectivity index (χ1v) is 12.0. The third-order valence-electron chi connectivity index (χ3n) is 6.92. The zero-order valence-electron chi connectivity index (χ0n) is 19.6. The van der Waals surface area contributed by atoms with Crippen LogP contribution < -0.4 is 4.90 Å². The number of aliphatic hydroxyl groups is 1. The van der Waals surface area contributed by atoms with Crippen LogP contribution in [0.1, 0.15) is 52.7 Å². The number of pyridine rings is 1. The van der Waals surface area contributed by atoms with E-state index in [0.29, 0.717) is 25.9 Å². The van der Waals surface area contributed by atoms with Gasteiger partial charge in [0.1, 0.15) is 5.82 Å². The largest absolute Gasteiger partial charge is 0.417 e. The average Bonchev–Trinajstić information content (AvgIpc) is 3.67. The van der Waals surface area contributed by atoms with E-state index in [-0.39, 0.29) is 24.3 Å². The monoisotopic (exact) mass is 483 g/mol. The number of anilines is 1. The summed E-state index contributed by atoms with van der Waals surface area (Å²) < 4.78 is 41.0.